The SMILES string of the molecule is CCCCCCCCCCCC[N+]1(C(=O)O)C=CN(C)C1. The normalized spacial score (nSPS) is 21.1. The van der Waals surface area contributed by atoms with Gasteiger partial charge < -0.3 is 10.0 Å². The average molecular weight is 297 g/mol. The van der Waals surface area contributed by atoms with Crippen molar-refractivity contribution >= 4 is 6.09 Å². The predicted molar refractivity (Wildman–Crippen MR) is 86.8 cm³/mol. The zero-order chi connectivity index (χ0) is 15.6. The number of amides is 1. The minimum absolute atomic E-state index is 0.0769. The molecule has 1 amide bonds. The highest BCUT2D eigenvalue weighted by Gasteiger charge is 2.38. The van der Waals surface area contributed by atoms with Crippen molar-refractivity contribution in [3.8, 4) is 0 Å². The lowest BCUT2D eigenvalue weighted by atomic mass is 10.1. The van der Waals surface area contributed by atoms with Gasteiger partial charge in [0.05, 0.1) is 12.7 Å². The Hall–Kier alpha value is -1.03. The molecule has 4 heteroatoms. The van der Waals surface area contributed by atoms with Crippen LogP contribution in [0.5, 0.6) is 0 Å². The van der Waals surface area contributed by atoms with Crippen LogP contribution in [0.3, 0.4) is 0 Å². The van der Waals surface area contributed by atoms with Gasteiger partial charge in [-0.3, -0.25) is 0 Å². The van der Waals surface area contributed by atoms with Crippen LogP contribution in [0.25, 0.3) is 0 Å². The van der Waals surface area contributed by atoms with E-state index in [1.54, 1.807) is 0 Å². The van der Waals surface area contributed by atoms with Crippen molar-refractivity contribution in [1.29, 1.82) is 0 Å². The second-order valence-electron chi connectivity index (χ2n) is 6.42. The summed E-state index contributed by atoms with van der Waals surface area (Å²) in [6.45, 7) is 3.53. The molecule has 1 unspecified atom stereocenters. The number of nitrogens with zero attached hydrogens (tertiary/aromatic N) is 2. The van der Waals surface area contributed by atoms with Gasteiger partial charge in [-0.2, -0.15) is 9.28 Å². The zero-order valence-electron chi connectivity index (χ0n) is 13.9. The lowest BCUT2D eigenvalue weighted by molar-refractivity contribution is -0.808. The first-order valence-corrected chi connectivity index (χ1v) is 8.60. The smallest absolute Gasteiger partial charge is 0.435 e. The molecule has 0 spiro atoms. The summed E-state index contributed by atoms with van der Waals surface area (Å²) in [6, 6.07) is 0. The van der Waals surface area contributed by atoms with Crippen molar-refractivity contribution in [2.45, 2.75) is 71.1 Å². The number of hydrogen-bond donors (Lipinski definition) is 1. The molecular formula is C17H33N2O2+. The van der Waals surface area contributed by atoms with Crippen molar-refractivity contribution in [1.82, 2.24) is 4.90 Å². The quantitative estimate of drug-likeness (QED) is 0.441. The van der Waals surface area contributed by atoms with E-state index in [0.29, 0.717) is 13.2 Å². The van der Waals surface area contributed by atoms with Gasteiger partial charge in [0.2, 0.25) is 0 Å². The van der Waals surface area contributed by atoms with Crippen molar-refractivity contribution in [3.05, 3.63) is 12.4 Å². The zero-order valence-corrected chi connectivity index (χ0v) is 13.9. The molecule has 0 fully saturated rings. The fraction of sp³-hybridized carbons (Fsp3) is 0.824. The van der Waals surface area contributed by atoms with Crippen LogP contribution >= 0.6 is 0 Å². The van der Waals surface area contributed by atoms with Crippen LogP contribution in [0.4, 0.5) is 4.79 Å². The Morgan fingerprint density at radius 3 is 2.00 bits per heavy atom. The molecule has 0 radical (unpaired) electrons. The molecule has 1 rings (SSSR count). The van der Waals surface area contributed by atoms with Gasteiger partial charge in [0.1, 0.15) is 6.20 Å². The van der Waals surface area contributed by atoms with Gasteiger partial charge in [-0.05, 0) is 12.8 Å². The Bertz CT molecular complexity index is 331. The average Bonchev–Trinajstić information content (AvgIpc) is 2.84. The summed E-state index contributed by atoms with van der Waals surface area (Å²) in [6.07, 6.45) is 15.8. The Labute approximate surface area is 130 Å². The van der Waals surface area contributed by atoms with E-state index in [1.165, 1.54) is 51.4 Å². The van der Waals surface area contributed by atoms with E-state index in [0.717, 1.165) is 12.8 Å². The maximum atomic E-state index is 11.5. The first kappa shape index (κ1) is 18.0. The Morgan fingerprint density at radius 1 is 1.05 bits per heavy atom. The number of carbonyl (C=O) groups is 1. The first-order valence-electron chi connectivity index (χ1n) is 8.60. The number of carboxylic acid groups (broad SMARTS) is 1. The standard InChI is InChI=1S/C17H32N2O2/c1-3-4-5-6-7-8-9-10-11-12-14-19(17(20)21)15-13-18(2)16-19/h13,15H,3-12,14,16H2,1-2H3/p+1. The Kier molecular flexibility index (Phi) is 8.43. The molecule has 122 valence electrons. The van der Waals surface area contributed by atoms with E-state index in [2.05, 4.69) is 6.92 Å². The van der Waals surface area contributed by atoms with E-state index < -0.39 is 6.09 Å². The maximum absolute atomic E-state index is 11.5. The minimum Gasteiger partial charge on any atom is -0.435 e. The topological polar surface area (TPSA) is 40.5 Å². The lowest BCUT2D eigenvalue weighted by Crippen LogP contribution is -2.49. The van der Waals surface area contributed by atoms with Gasteiger partial charge in [-0.1, -0.05) is 58.3 Å². The molecule has 1 aliphatic heterocycles. The van der Waals surface area contributed by atoms with Crippen molar-refractivity contribution in [3.63, 3.8) is 0 Å². The third-order valence-electron chi connectivity index (χ3n) is 4.37. The van der Waals surface area contributed by atoms with E-state index in [1.807, 2.05) is 24.3 Å². The van der Waals surface area contributed by atoms with Crippen LogP contribution < -0.4 is 0 Å². The second-order valence-corrected chi connectivity index (χ2v) is 6.42. The molecule has 0 bridgehead atoms. The van der Waals surface area contributed by atoms with Crippen molar-refractivity contribution in [2.75, 3.05) is 20.3 Å². The summed E-state index contributed by atoms with van der Waals surface area (Å²) in [4.78, 5) is 13.4. The molecular weight excluding hydrogens is 264 g/mol. The molecule has 21 heavy (non-hydrogen) atoms. The minimum atomic E-state index is -0.730. The molecule has 0 saturated carbocycles. The summed E-state index contributed by atoms with van der Waals surface area (Å²) in [5, 5.41) is 9.42. The summed E-state index contributed by atoms with van der Waals surface area (Å²) < 4.78 is 0.0769. The molecule has 1 N–H and O–H groups in total. The second kappa shape index (κ2) is 9.82. The molecule has 1 heterocycles. The third-order valence-corrected chi connectivity index (χ3v) is 4.37. The monoisotopic (exact) mass is 297 g/mol. The molecule has 0 aromatic carbocycles. The molecule has 4 nitrogen and oxygen atoms in total. The predicted octanol–water partition coefficient (Wildman–Crippen LogP) is 4.78. The largest absolute Gasteiger partial charge is 0.519 e. The van der Waals surface area contributed by atoms with Crippen molar-refractivity contribution < 1.29 is 14.4 Å². The van der Waals surface area contributed by atoms with Crippen LogP contribution in [0.2, 0.25) is 0 Å². The summed E-state index contributed by atoms with van der Waals surface area (Å²) >= 11 is 0. The molecule has 0 aromatic heterocycles. The van der Waals surface area contributed by atoms with E-state index in [4.69, 9.17) is 0 Å². The van der Waals surface area contributed by atoms with E-state index >= 15 is 0 Å². The summed E-state index contributed by atoms with van der Waals surface area (Å²) in [5.41, 5.74) is 0. The Balaban J connectivity index is 2.03. The fourth-order valence-corrected chi connectivity index (χ4v) is 2.98. The van der Waals surface area contributed by atoms with Gasteiger partial charge >= 0.3 is 6.09 Å². The van der Waals surface area contributed by atoms with Crippen LogP contribution in [0.1, 0.15) is 71.1 Å². The van der Waals surface area contributed by atoms with Crippen LogP contribution in [0, 0.1) is 0 Å². The van der Waals surface area contributed by atoms with Gasteiger partial charge in [0, 0.05) is 7.05 Å². The van der Waals surface area contributed by atoms with Crippen LogP contribution in [-0.2, 0) is 0 Å². The van der Waals surface area contributed by atoms with Gasteiger partial charge in [-0.15, -0.1) is 0 Å². The molecule has 0 aromatic rings. The lowest BCUT2D eigenvalue weighted by Gasteiger charge is -2.26. The van der Waals surface area contributed by atoms with E-state index in [-0.39, 0.29) is 4.48 Å². The maximum Gasteiger partial charge on any atom is 0.519 e. The number of hydrogen-bond acceptors (Lipinski definition) is 2. The Morgan fingerprint density at radius 2 is 1.57 bits per heavy atom. The van der Waals surface area contributed by atoms with Gasteiger partial charge in [0.15, 0.2) is 6.67 Å². The highest BCUT2D eigenvalue weighted by molar-refractivity contribution is 5.57. The van der Waals surface area contributed by atoms with Crippen LogP contribution in [-0.4, -0.2) is 40.8 Å². The van der Waals surface area contributed by atoms with Crippen molar-refractivity contribution in [2.24, 2.45) is 0 Å². The number of unbranched alkanes of at least 4 members (excludes halogenated alkanes) is 9. The summed E-state index contributed by atoms with van der Waals surface area (Å²) in [7, 11) is 1.93. The van der Waals surface area contributed by atoms with E-state index in [9.17, 15) is 9.90 Å². The third kappa shape index (κ3) is 6.51. The molecule has 0 aliphatic carbocycles. The van der Waals surface area contributed by atoms with Crippen LogP contribution in [0.15, 0.2) is 12.4 Å². The van der Waals surface area contributed by atoms with Gasteiger partial charge in [0.25, 0.3) is 0 Å². The number of quaternary nitrogens is 1. The summed E-state index contributed by atoms with van der Waals surface area (Å²) in [5.74, 6) is 0. The van der Waals surface area contributed by atoms with Gasteiger partial charge in [-0.25, -0.2) is 0 Å². The molecule has 1 aliphatic rings. The first-order chi connectivity index (χ1) is 10.1. The molecule has 1 atom stereocenters. The highest BCUT2D eigenvalue weighted by Crippen LogP contribution is 2.20. The highest BCUT2D eigenvalue weighted by atomic mass is 16.4. The number of rotatable bonds is 11. The fourth-order valence-electron chi connectivity index (χ4n) is 2.98. The molecule has 0 saturated heterocycles.